The second kappa shape index (κ2) is 7.19. The molecule has 0 radical (unpaired) electrons. The van der Waals surface area contributed by atoms with Gasteiger partial charge in [-0.05, 0) is 62.9 Å². The average Bonchev–Trinajstić information content (AvgIpc) is 3.16. The third-order valence-corrected chi connectivity index (χ3v) is 8.73. The van der Waals surface area contributed by atoms with Crippen molar-refractivity contribution in [2.75, 3.05) is 13.6 Å². The maximum absolute atomic E-state index is 12.2. The first-order chi connectivity index (χ1) is 15.8. The lowest BCUT2D eigenvalue weighted by atomic mass is 9.48. The molecule has 4 N–H and O–H groups in total. The van der Waals surface area contributed by atoms with E-state index in [-0.39, 0.29) is 17.8 Å². The van der Waals surface area contributed by atoms with Crippen LogP contribution in [0.5, 0.6) is 11.5 Å². The van der Waals surface area contributed by atoms with Crippen LogP contribution in [0.2, 0.25) is 0 Å². The van der Waals surface area contributed by atoms with Gasteiger partial charge in [0.2, 0.25) is 0 Å². The maximum atomic E-state index is 12.2. The van der Waals surface area contributed by atoms with Crippen LogP contribution in [0, 0.1) is 0 Å². The first-order valence-electron chi connectivity index (χ1n) is 11.8. The number of likely N-dealkylation sites (tertiary alicyclic amines) is 1. The van der Waals surface area contributed by atoms with Gasteiger partial charge in [0.25, 0.3) is 0 Å². The number of benzene rings is 2. The van der Waals surface area contributed by atoms with Gasteiger partial charge in [-0.1, -0.05) is 36.4 Å². The lowest BCUT2D eigenvalue weighted by Gasteiger charge is -2.63. The number of ether oxygens (including phenoxy) is 1. The molecule has 1 spiro atoms. The molecule has 2 aromatic rings. The molecule has 2 heterocycles. The number of carboxylic acid groups (broad SMARTS) is 1. The van der Waals surface area contributed by atoms with E-state index in [2.05, 4.69) is 17.3 Å². The van der Waals surface area contributed by atoms with Crippen molar-refractivity contribution in [2.45, 2.75) is 67.3 Å². The van der Waals surface area contributed by atoms with E-state index in [4.69, 9.17) is 4.74 Å². The third kappa shape index (κ3) is 2.76. The summed E-state index contributed by atoms with van der Waals surface area (Å²) in [6, 6.07) is 12.2. The molecule has 7 nitrogen and oxygen atoms in total. The summed E-state index contributed by atoms with van der Waals surface area (Å²) in [6.07, 6.45) is 2.52. The summed E-state index contributed by atoms with van der Waals surface area (Å²) >= 11 is 0. The van der Waals surface area contributed by atoms with Crippen LogP contribution in [0.1, 0.15) is 36.0 Å². The highest BCUT2D eigenvalue weighted by atomic mass is 16.5. The minimum atomic E-state index is -0.979. The van der Waals surface area contributed by atoms with E-state index < -0.39 is 29.1 Å². The molecule has 1 unspecified atom stereocenters. The summed E-state index contributed by atoms with van der Waals surface area (Å²) in [7, 11) is 2.07. The predicted octanol–water partition coefficient (Wildman–Crippen LogP) is 1.83. The minimum Gasteiger partial charge on any atom is -0.504 e. The highest BCUT2D eigenvalue weighted by Gasteiger charge is 2.72. The fraction of sp³-hybridized carbons (Fsp3) is 0.500. The number of hydrogen-bond acceptors (Lipinski definition) is 6. The van der Waals surface area contributed by atoms with E-state index in [0.29, 0.717) is 31.4 Å². The number of nitrogens with zero attached hydrogens (tertiary/aromatic N) is 1. The second-order valence-corrected chi connectivity index (χ2v) is 10.2. The number of phenols is 1. The Morgan fingerprint density at radius 1 is 1.24 bits per heavy atom. The molecular weight excluding hydrogens is 420 g/mol. The Kier molecular flexibility index (Phi) is 4.57. The molecule has 2 aromatic carbocycles. The molecule has 0 aromatic heterocycles. The summed E-state index contributed by atoms with van der Waals surface area (Å²) in [5.41, 5.74) is 1.38. The van der Waals surface area contributed by atoms with E-state index >= 15 is 0 Å². The molecule has 1 saturated heterocycles. The van der Waals surface area contributed by atoms with Gasteiger partial charge in [0.15, 0.2) is 11.5 Å². The van der Waals surface area contributed by atoms with E-state index in [1.165, 1.54) is 0 Å². The van der Waals surface area contributed by atoms with Crippen LogP contribution in [0.15, 0.2) is 42.5 Å². The van der Waals surface area contributed by atoms with Crippen LogP contribution in [-0.2, 0) is 23.1 Å². The average molecular weight is 451 g/mol. The Morgan fingerprint density at radius 2 is 2.03 bits per heavy atom. The number of nitrogens with one attached hydrogen (secondary N) is 1. The topological polar surface area (TPSA) is 102 Å². The van der Waals surface area contributed by atoms with Crippen molar-refractivity contribution in [3.63, 3.8) is 0 Å². The van der Waals surface area contributed by atoms with Gasteiger partial charge in [0, 0.05) is 17.6 Å². The molecule has 2 aliphatic carbocycles. The Bertz CT molecular complexity index is 1110. The molecule has 4 aliphatic rings. The number of piperidine rings is 1. The molecule has 2 aliphatic heterocycles. The number of aromatic hydroxyl groups is 1. The van der Waals surface area contributed by atoms with Crippen molar-refractivity contribution < 1.29 is 24.9 Å². The fourth-order valence-electron chi connectivity index (χ4n) is 7.25. The monoisotopic (exact) mass is 450 g/mol. The highest BCUT2D eigenvalue weighted by molar-refractivity contribution is 5.74. The number of likely N-dealkylation sites (N-methyl/N-ethyl adjacent to an activating group) is 1. The molecule has 174 valence electrons. The first kappa shape index (κ1) is 21.0. The predicted molar refractivity (Wildman–Crippen MR) is 122 cm³/mol. The SMILES string of the molecule is CN1CC[C@]23c4c5ccc(O)c4O[C@H]2[C@@H](N[C@@H](Cc2ccccc2)C(=O)O)CC[C@@]3(O)C1C5. The van der Waals surface area contributed by atoms with Crippen LogP contribution in [-0.4, -0.2) is 69.6 Å². The molecular formula is C26H30N2O5. The van der Waals surface area contributed by atoms with Crippen LogP contribution in [0.25, 0.3) is 0 Å². The van der Waals surface area contributed by atoms with E-state index in [9.17, 15) is 20.1 Å². The molecule has 0 amide bonds. The lowest BCUT2D eigenvalue weighted by Crippen LogP contribution is -2.78. The quantitative estimate of drug-likeness (QED) is 0.551. The number of hydrogen-bond donors (Lipinski definition) is 4. The number of aliphatic carboxylic acids is 1. The zero-order valence-electron chi connectivity index (χ0n) is 18.7. The summed E-state index contributed by atoms with van der Waals surface area (Å²) < 4.78 is 6.47. The Morgan fingerprint density at radius 3 is 2.79 bits per heavy atom. The Labute approximate surface area is 193 Å². The van der Waals surface area contributed by atoms with Crippen molar-refractivity contribution >= 4 is 5.97 Å². The highest BCUT2D eigenvalue weighted by Crippen LogP contribution is 2.65. The normalized spacial score (nSPS) is 34.9. The largest absolute Gasteiger partial charge is 0.504 e. The summed E-state index contributed by atoms with van der Waals surface area (Å²) in [5.74, 6) is -0.334. The number of carbonyl (C=O) groups is 1. The van der Waals surface area contributed by atoms with Crippen molar-refractivity contribution in [3.05, 3.63) is 59.2 Å². The number of carboxylic acids is 1. The zero-order valence-corrected chi connectivity index (χ0v) is 18.7. The van der Waals surface area contributed by atoms with Gasteiger partial charge in [-0.15, -0.1) is 0 Å². The van der Waals surface area contributed by atoms with Crippen molar-refractivity contribution in [3.8, 4) is 11.5 Å². The number of aliphatic hydroxyl groups is 1. The fourth-order valence-corrected chi connectivity index (χ4v) is 7.25. The van der Waals surface area contributed by atoms with Gasteiger partial charge >= 0.3 is 5.97 Å². The summed E-state index contributed by atoms with van der Waals surface area (Å²) in [6.45, 7) is 0.820. The van der Waals surface area contributed by atoms with Gasteiger partial charge in [0.1, 0.15) is 12.1 Å². The molecule has 2 bridgehead atoms. The van der Waals surface area contributed by atoms with Crippen molar-refractivity contribution in [2.24, 2.45) is 0 Å². The number of rotatable bonds is 5. The Balaban J connectivity index is 1.40. The molecule has 1 saturated carbocycles. The zero-order chi connectivity index (χ0) is 23.0. The van der Waals surface area contributed by atoms with Crippen molar-refractivity contribution in [1.29, 1.82) is 0 Å². The minimum absolute atomic E-state index is 0.0270. The smallest absolute Gasteiger partial charge is 0.321 e. The van der Waals surface area contributed by atoms with Gasteiger partial charge in [-0.2, -0.15) is 0 Å². The van der Waals surface area contributed by atoms with Crippen LogP contribution in [0.4, 0.5) is 0 Å². The van der Waals surface area contributed by atoms with E-state index in [1.807, 2.05) is 36.4 Å². The van der Waals surface area contributed by atoms with Gasteiger partial charge in [-0.25, -0.2) is 0 Å². The van der Waals surface area contributed by atoms with Crippen LogP contribution >= 0.6 is 0 Å². The molecule has 7 heteroatoms. The molecule has 6 atom stereocenters. The van der Waals surface area contributed by atoms with E-state index in [0.717, 1.165) is 29.7 Å². The van der Waals surface area contributed by atoms with E-state index in [1.54, 1.807) is 6.07 Å². The van der Waals surface area contributed by atoms with Crippen LogP contribution < -0.4 is 10.1 Å². The van der Waals surface area contributed by atoms with Crippen LogP contribution in [0.3, 0.4) is 0 Å². The van der Waals surface area contributed by atoms with Gasteiger partial charge in [0.05, 0.1) is 11.0 Å². The standard InChI is InChI=1S/C26H30N2O5/c1-28-12-11-25-21-16-7-8-19(29)22(21)33-23(25)17(9-10-26(25,32)20(28)14-16)27-18(24(30)31)13-15-5-3-2-4-6-15/h2-8,17-18,20,23,27,29,32H,9-14H2,1H3,(H,30,31)/t17-,18-,20?,23-,25-,26+/m0/s1. The van der Waals surface area contributed by atoms with Gasteiger partial charge in [-0.3, -0.25) is 10.1 Å². The molecule has 33 heavy (non-hydrogen) atoms. The molecule has 2 fully saturated rings. The third-order valence-electron chi connectivity index (χ3n) is 8.73. The molecule has 6 rings (SSSR count). The maximum Gasteiger partial charge on any atom is 0.321 e. The van der Waals surface area contributed by atoms with Gasteiger partial charge < -0.3 is 25.0 Å². The summed E-state index contributed by atoms with van der Waals surface area (Å²) in [4.78, 5) is 14.4. The first-order valence-corrected chi connectivity index (χ1v) is 11.8. The second-order valence-electron chi connectivity index (χ2n) is 10.2. The van der Waals surface area contributed by atoms with Crippen molar-refractivity contribution in [1.82, 2.24) is 10.2 Å². The lowest BCUT2D eigenvalue weighted by molar-refractivity contribution is -0.187. The Hall–Kier alpha value is -2.61. The summed E-state index contributed by atoms with van der Waals surface area (Å²) in [5, 5.41) is 36.3. The number of phenolic OH excluding ortho intramolecular Hbond substituents is 1.